The summed E-state index contributed by atoms with van der Waals surface area (Å²) in [7, 11) is 1.64. The van der Waals surface area contributed by atoms with Gasteiger partial charge in [0, 0.05) is 23.0 Å². The van der Waals surface area contributed by atoms with E-state index in [1.165, 1.54) is 11.3 Å². The number of hydrogen-bond donors (Lipinski definition) is 1. The first-order chi connectivity index (χ1) is 13.4. The molecule has 1 N–H and O–H groups in total. The molecule has 0 unspecified atom stereocenters. The van der Waals surface area contributed by atoms with Gasteiger partial charge < -0.3 is 9.30 Å². The quantitative estimate of drug-likeness (QED) is 0.515. The third kappa shape index (κ3) is 3.82. The third-order valence-electron chi connectivity index (χ3n) is 4.36. The highest BCUT2D eigenvalue weighted by Gasteiger charge is 2.16. The number of hydrogen-bond acceptors (Lipinski definition) is 5. The zero-order chi connectivity index (χ0) is 20.3. The number of aromatic nitrogens is 2. The van der Waals surface area contributed by atoms with E-state index >= 15 is 0 Å². The molecule has 0 spiro atoms. The summed E-state index contributed by atoms with van der Waals surface area (Å²) in [6, 6.07) is 9.91. The van der Waals surface area contributed by atoms with Crippen molar-refractivity contribution in [2.24, 2.45) is 0 Å². The molecule has 0 atom stereocenters. The van der Waals surface area contributed by atoms with E-state index in [4.69, 9.17) is 4.74 Å². The first-order valence-corrected chi connectivity index (χ1v) is 9.49. The summed E-state index contributed by atoms with van der Waals surface area (Å²) in [6.45, 7) is 5.96. The van der Waals surface area contributed by atoms with Gasteiger partial charge in [-0.2, -0.15) is 5.26 Å². The van der Waals surface area contributed by atoms with Crippen molar-refractivity contribution < 1.29 is 9.53 Å². The molecule has 3 aromatic rings. The van der Waals surface area contributed by atoms with Crippen molar-refractivity contribution in [2.75, 3.05) is 12.4 Å². The number of aryl methyl sites for hydroxylation is 2. The highest BCUT2D eigenvalue weighted by Crippen LogP contribution is 2.30. The monoisotopic (exact) mass is 392 g/mol. The van der Waals surface area contributed by atoms with Crippen molar-refractivity contribution >= 4 is 28.5 Å². The van der Waals surface area contributed by atoms with Crippen LogP contribution in [0.5, 0.6) is 5.75 Å². The number of ether oxygens (including phenoxy) is 1. The summed E-state index contributed by atoms with van der Waals surface area (Å²) in [4.78, 5) is 16.4. The fraction of sp³-hybridized carbons (Fsp3) is 0.190. The van der Waals surface area contributed by atoms with Crippen LogP contribution in [-0.4, -0.2) is 22.6 Å². The summed E-state index contributed by atoms with van der Waals surface area (Å²) in [5, 5.41) is 14.3. The first-order valence-electron chi connectivity index (χ1n) is 8.61. The van der Waals surface area contributed by atoms with Crippen LogP contribution in [0.25, 0.3) is 11.8 Å². The minimum absolute atomic E-state index is 0.0201. The van der Waals surface area contributed by atoms with E-state index in [2.05, 4.69) is 14.9 Å². The van der Waals surface area contributed by atoms with Gasteiger partial charge in [-0.25, -0.2) is 4.98 Å². The smallest absolute Gasteiger partial charge is 0.268 e. The van der Waals surface area contributed by atoms with Crippen LogP contribution in [0, 0.1) is 32.1 Å². The molecule has 0 aliphatic rings. The van der Waals surface area contributed by atoms with E-state index in [-0.39, 0.29) is 5.57 Å². The summed E-state index contributed by atoms with van der Waals surface area (Å²) in [5.41, 5.74) is 4.74. The molecule has 0 saturated heterocycles. The first kappa shape index (κ1) is 19.4. The third-order valence-corrected chi connectivity index (χ3v) is 5.05. The summed E-state index contributed by atoms with van der Waals surface area (Å²) < 4.78 is 7.58. The second-order valence-electron chi connectivity index (χ2n) is 6.30. The van der Waals surface area contributed by atoms with Crippen molar-refractivity contribution in [3.05, 3.63) is 63.9 Å². The van der Waals surface area contributed by atoms with Gasteiger partial charge in [-0.1, -0.05) is 6.07 Å². The molecule has 2 aromatic heterocycles. The number of nitrogens with zero attached hydrogens (tertiary/aromatic N) is 3. The van der Waals surface area contributed by atoms with Crippen LogP contribution in [0.15, 0.2) is 41.4 Å². The van der Waals surface area contributed by atoms with Gasteiger partial charge in [-0.15, -0.1) is 11.3 Å². The lowest BCUT2D eigenvalue weighted by Crippen LogP contribution is -2.13. The molecule has 28 heavy (non-hydrogen) atoms. The van der Waals surface area contributed by atoms with Gasteiger partial charge in [-0.3, -0.25) is 10.1 Å². The zero-order valence-electron chi connectivity index (χ0n) is 16.1. The van der Waals surface area contributed by atoms with Crippen LogP contribution in [-0.2, 0) is 4.79 Å². The average molecular weight is 392 g/mol. The van der Waals surface area contributed by atoms with E-state index in [0.29, 0.717) is 5.13 Å². The van der Waals surface area contributed by atoms with Gasteiger partial charge in [0.1, 0.15) is 17.4 Å². The summed E-state index contributed by atoms with van der Waals surface area (Å²) >= 11 is 1.30. The van der Waals surface area contributed by atoms with Crippen LogP contribution in [0.4, 0.5) is 5.13 Å². The Morgan fingerprint density at radius 2 is 2.11 bits per heavy atom. The number of rotatable bonds is 5. The Hall–Kier alpha value is -3.37. The number of methoxy groups -OCH3 is 1. The van der Waals surface area contributed by atoms with Crippen LogP contribution in [0.2, 0.25) is 0 Å². The minimum Gasteiger partial charge on any atom is -0.495 e. The number of anilines is 1. The number of benzene rings is 1. The van der Waals surface area contributed by atoms with Gasteiger partial charge >= 0.3 is 0 Å². The molecule has 2 heterocycles. The Morgan fingerprint density at radius 1 is 1.32 bits per heavy atom. The highest BCUT2D eigenvalue weighted by atomic mass is 32.1. The molecule has 0 saturated carbocycles. The number of carbonyl (C=O) groups excluding carboxylic acids is 1. The van der Waals surface area contributed by atoms with Crippen molar-refractivity contribution in [3.63, 3.8) is 0 Å². The van der Waals surface area contributed by atoms with Crippen molar-refractivity contribution in [3.8, 4) is 17.5 Å². The SMILES string of the molecule is COc1ccc(C)cc1-n1c(C)cc(/C=C(/C#N)C(=O)Nc2nccs2)c1C. The van der Waals surface area contributed by atoms with Gasteiger partial charge in [-0.05, 0) is 56.2 Å². The van der Waals surface area contributed by atoms with Gasteiger partial charge in [0.25, 0.3) is 5.91 Å². The van der Waals surface area contributed by atoms with E-state index in [1.807, 2.05) is 51.1 Å². The standard InChI is InChI=1S/C21H20N4O2S/c1-13-5-6-19(27-4)18(9-13)25-14(2)10-16(15(25)3)11-17(12-22)20(26)24-21-23-7-8-28-21/h5-11H,1-4H3,(H,23,24,26)/b17-11-. The lowest BCUT2D eigenvalue weighted by atomic mass is 10.1. The van der Waals surface area contributed by atoms with Gasteiger partial charge in [0.05, 0.1) is 12.8 Å². The fourth-order valence-corrected chi connectivity index (χ4v) is 3.56. The van der Waals surface area contributed by atoms with E-state index in [9.17, 15) is 10.1 Å². The maximum Gasteiger partial charge on any atom is 0.268 e. The van der Waals surface area contributed by atoms with E-state index < -0.39 is 5.91 Å². The molecule has 1 aromatic carbocycles. The lowest BCUT2D eigenvalue weighted by molar-refractivity contribution is -0.112. The Balaban J connectivity index is 2.02. The molecule has 6 nitrogen and oxygen atoms in total. The lowest BCUT2D eigenvalue weighted by Gasteiger charge is -2.14. The molecule has 1 amide bonds. The number of nitriles is 1. The van der Waals surface area contributed by atoms with Gasteiger partial charge in [0.15, 0.2) is 5.13 Å². The topological polar surface area (TPSA) is 79.9 Å². The predicted molar refractivity (Wildman–Crippen MR) is 111 cm³/mol. The fourth-order valence-electron chi connectivity index (χ4n) is 3.03. The molecule has 0 fully saturated rings. The van der Waals surface area contributed by atoms with Crippen LogP contribution in [0.1, 0.15) is 22.5 Å². The van der Waals surface area contributed by atoms with Crippen molar-refractivity contribution in [1.29, 1.82) is 5.26 Å². The normalized spacial score (nSPS) is 11.2. The maximum absolute atomic E-state index is 12.4. The molecular weight excluding hydrogens is 372 g/mol. The molecular formula is C21H20N4O2S. The molecule has 0 radical (unpaired) electrons. The second kappa shape index (κ2) is 8.11. The van der Waals surface area contributed by atoms with E-state index in [0.717, 1.165) is 34.0 Å². The van der Waals surface area contributed by atoms with E-state index in [1.54, 1.807) is 24.8 Å². The summed E-state index contributed by atoms with van der Waals surface area (Å²) in [6.07, 6.45) is 3.20. The summed E-state index contributed by atoms with van der Waals surface area (Å²) in [5.74, 6) is 0.278. The Labute approximate surface area is 167 Å². The predicted octanol–water partition coefficient (Wildman–Crippen LogP) is 4.41. The van der Waals surface area contributed by atoms with Crippen molar-refractivity contribution in [2.45, 2.75) is 20.8 Å². The number of amides is 1. The molecule has 0 bridgehead atoms. The Kier molecular flexibility index (Phi) is 5.62. The minimum atomic E-state index is -0.476. The Bertz CT molecular complexity index is 1090. The number of nitrogens with one attached hydrogen (secondary N) is 1. The van der Waals surface area contributed by atoms with Crippen LogP contribution < -0.4 is 10.1 Å². The van der Waals surface area contributed by atoms with Gasteiger partial charge in [0.2, 0.25) is 0 Å². The molecule has 142 valence electrons. The largest absolute Gasteiger partial charge is 0.495 e. The highest BCUT2D eigenvalue weighted by molar-refractivity contribution is 7.13. The number of carbonyl (C=O) groups is 1. The maximum atomic E-state index is 12.4. The zero-order valence-corrected chi connectivity index (χ0v) is 16.9. The van der Waals surface area contributed by atoms with Crippen LogP contribution in [0.3, 0.4) is 0 Å². The molecule has 0 aliphatic carbocycles. The number of thiazole rings is 1. The molecule has 0 aliphatic heterocycles. The molecule has 3 rings (SSSR count). The second-order valence-corrected chi connectivity index (χ2v) is 7.19. The molecule has 7 heteroatoms. The van der Waals surface area contributed by atoms with Crippen molar-refractivity contribution in [1.82, 2.24) is 9.55 Å². The van der Waals surface area contributed by atoms with Crippen LogP contribution >= 0.6 is 11.3 Å². The Morgan fingerprint density at radius 3 is 2.75 bits per heavy atom. The average Bonchev–Trinajstić information content (AvgIpc) is 3.27.